The predicted octanol–water partition coefficient (Wildman–Crippen LogP) is 7.04. The fraction of sp³-hybridized carbons (Fsp3) is 0.167. The van der Waals surface area contributed by atoms with Crippen molar-refractivity contribution in [3.8, 4) is 28.4 Å². The van der Waals surface area contributed by atoms with Crippen molar-refractivity contribution in [1.29, 1.82) is 0 Å². The molecule has 9 heteroatoms. The number of benzene rings is 3. The molecule has 1 saturated heterocycles. The van der Waals surface area contributed by atoms with Gasteiger partial charge in [-0.1, -0.05) is 65.9 Å². The van der Waals surface area contributed by atoms with Crippen LogP contribution < -0.4 is 9.47 Å². The lowest BCUT2D eigenvalue weighted by molar-refractivity contribution is -0.122. The number of carbonyl (C=O) groups is 1. The summed E-state index contributed by atoms with van der Waals surface area (Å²) in [5.74, 6) is 1.30. The molecular formula is C30H26ClN3O3S2. The van der Waals surface area contributed by atoms with E-state index in [9.17, 15) is 4.79 Å². The second-order valence-corrected chi connectivity index (χ2v) is 10.8. The van der Waals surface area contributed by atoms with Crippen LogP contribution in [0.15, 0.2) is 83.9 Å². The van der Waals surface area contributed by atoms with Crippen LogP contribution in [0.25, 0.3) is 23.0 Å². The number of aromatic nitrogens is 2. The molecule has 0 saturated carbocycles. The molecule has 0 spiro atoms. The van der Waals surface area contributed by atoms with E-state index in [-0.39, 0.29) is 5.91 Å². The SMILES string of the molecule is CCOc1ccc(-c2nn(-c3ccccc3)cc2/C=C2\SC(=S)N(CCc3ccc(OC)cc3)C2=O)cc1Cl. The Labute approximate surface area is 242 Å². The van der Waals surface area contributed by atoms with Gasteiger partial charge in [-0.05, 0) is 67.4 Å². The topological polar surface area (TPSA) is 56.6 Å². The number of rotatable bonds is 9. The van der Waals surface area contributed by atoms with Crippen molar-refractivity contribution in [3.63, 3.8) is 0 Å². The van der Waals surface area contributed by atoms with E-state index in [0.29, 0.717) is 45.3 Å². The van der Waals surface area contributed by atoms with E-state index in [1.54, 1.807) is 16.7 Å². The smallest absolute Gasteiger partial charge is 0.266 e. The Bertz CT molecular complexity index is 1540. The number of hydrogen-bond acceptors (Lipinski definition) is 6. The summed E-state index contributed by atoms with van der Waals surface area (Å²) < 4.78 is 13.2. The van der Waals surface area contributed by atoms with Crippen molar-refractivity contribution >= 4 is 51.9 Å². The quantitative estimate of drug-likeness (QED) is 0.157. The van der Waals surface area contributed by atoms with Crippen LogP contribution in [0.5, 0.6) is 11.5 Å². The minimum Gasteiger partial charge on any atom is -0.497 e. The monoisotopic (exact) mass is 575 g/mol. The summed E-state index contributed by atoms with van der Waals surface area (Å²) in [7, 11) is 1.64. The van der Waals surface area contributed by atoms with Crippen LogP contribution in [0.2, 0.25) is 5.02 Å². The average molecular weight is 576 g/mol. The van der Waals surface area contributed by atoms with Crippen molar-refractivity contribution in [2.75, 3.05) is 20.3 Å². The van der Waals surface area contributed by atoms with Gasteiger partial charge in [-0.3, -0.25) is 9.69 Å². The minimum atomic E-state index is -0.110. The van der Waals surface area contributed by atoms with E-state index in [4.69, 9.17) is 38.4 Å². The van der Waals surface area contributed by atoms with Crippen LogP contribution in [0.3, 0.4) is 0 Å². The average Bonchev–Trinajstić information content (AvgIpc) is 3.49. The van der Waals surface area contributed by atoms with Gasteiger partial charge in [0, 0.05) is 23.9 Å². The molecule has 5 rings (SSSR count). The van der Waals surface area contributed by atoms with Crippen molar-refractivity contribution in [2.45, 2.75) is 13.3 Å². The number of nitrogens with zero attached hydrogens (tertiary/aromatic N) is 3. The Hall–Kier alpha value is -3.59. The first-order valence-electron chi connectivity index (χ1n) is 12.4. The fourth-order valence-electron chi connectivity index (χ4n) is 4.22. The third kappa shape index (κ3) is 6.03. The number of para-hydroxylation sites is 1. The van der Waals surface area contributed by atoms with Crippen LogP contribution in [0, 0.1) is 0 Å². The predicted molar refractivity (Wildman–Crippen MR) is 162 cm³/mol. The first-order chi connectivity index (χ1) is 19.0. The summed E-state index contributed by atoms with van der Waals surface area (Å²) in [5, 5.41) is 5.36. The Morgan fingerprint density at radius 2 is 1.85 bits per heavy atom. The normalized spacial score (nSPS) is 14.3. The second-order valence-electron chi connectivity index (χ2n) is 8.72. The lowest BCUT2D eigenvalue weighted by Gasteiger charge is -2.14. The van der Waals surface area contributed by atoms with E-state index in [2.05, 4.69) is 0 Å². The van der Waals surface area contributed by atoms with Crippen molar-refractivity contribution in [2.24, 2.45) is 0 Å². The van der Waals surface area contributed by atoms with Crippen LogP contribution in [-0.4, -0.2) is 45.2 Å². The Balaban J connectivity index is 1.45. The van der Waals surface area contributed by atoms with Gasteiger partial charge in [0.15, 0.2) is 0 Å². The molecule has 0 atom stereocenters. The Morgan fingerprint density at radius 1 is 1.08 bits per heavy atom. The maximum Gasteiger partial charge on any atom is 0.266 e. The van der Waals surface area contributed by atoms with Gasteiger partial charge in [-0.25, -0.2) is 4.68 Å². The largest absolute Gasteiger partial charge is 0.497 e. The van der Waals surface area contributed by atoms with E-state index in [1.807, 2.05) is 92.0 Å². The maximum atomic E-state index is 13.4. The number of halogens is 1. The highest BCUT2D eigenvalue weighted by Crippen LogP contribution is 2.36. The summed E-state index contributed by atoms with van der Waals surface area (Å²) >= 11 is 13.4. The van der Waals surface area contributed by atoms with Crippen LogP contribution in [0.4, 0.5) is 0 Å². The standard InChI is InChI=1S/C30H26ClN3O3S2/c1-3-37-26-14-11-21(17-25(26)31)28-22(19-34(32-28)23-7-5-4-6-8-23)18-27-29(35)33(30(38)39-27)16-15-20-9-12-24(36-2)13-10-20/h4-14,17-19H,3,15-16H2,1-2H3/b27-18-. The van der Waals surface area contributed by atoms with Crippen LogP contribution >= 0.6 is 35.6 Å². The molecule has 0 N–H and O–H groups in total. The van der Waals surface area contributed by atoms with Crippen molar-refractivity contribution < 1.29 is 14.3 Å². The number of amides is 1. The highest BCUT2D eigenvalue weighted by molar-refractivity contribution is 8.26. The molecule has 3 aromatic carbocycles. The third-order valence-electron chi connectivity index (χ3n) is 6.21. The molecule has 1 aromatic heterocycles. The van der Waals surface area contributed by atoms with Gasteiger partial charge in [-0.15, -0.1) is 0 Å². The van der Waals surface area contributed by atoms with Crippen molar-refractivity contribution in [1.82, 2.24) is 14.7 Å². The molecule has 0 unspecified atom stereocenters. The molecule has 4 aromatic rings. The number of thiocarbonyl (C=S) groups is 1. The van der Waals surface area contributed by atoms with Gasteiger partial charge in [-0.2, -0.15) is 5.10 Å². The number of methoxy groups -OCH3 is 1. The Morgan fingerprint density at radius 3 is 2.54 bits per heavy atom. The van der Waals surface area contributed by atoms with Crippen LogP contribution in [-0.2, 0) is 11.2 Å². The summed E-state index contributed by atoms with van der Waals surface area (Å²) in [6, 6.07) is 23.2. The number of hydrogen-bond donors (Lipinski definition) is 0. The molecule has 1 aliphatic heterocycles. The van der Waals surface area contributed by atoms with E-state index in [1.165, 1.54) is 11.8 Å². The molecule has 0 aliphatic carbocycles. The number of ether oxygens (including phenoxy) is 2. The first kappa shape index (κ1) is 27.0. The zero-order valence-electron chi connectivity index (χ0n) is 21.5. The van der Waals surface area contributed by atoms with Gasteiger partial charge in [0.25, 0.3) is 5.91 Å². The number of carbonyl (C=O) groups excluding carboxylic acids is 1. The highest BCUT2D eigenvalue weighted by Gasteiger charge is 2.32. The van der Waals surface area contributed by atoms with Crippen molar-refractivity contribution in [3.05, 3.63) is 100 Å². The van der Waals surface area contributed by atoms with Gasteiger partial charge < -0.3 is 9.47 Å². The zero-order valence-corrected chi connectivity index (χ0v) is 23.9. The molecule has 1 aliphatic rings. The Kier molecular flexibility index (Phi) is 8.35. The summed E-state index contributed by atoms with van der Waals surface area (Å²) in [6.45, 7) is 2.93. The molecule has 2 heterocycles. The molecule has 0 radical (unpaired) electrons. The highest BCUT2D eigenvalue weighted by atomic mass is 35.5. The van der Waals surface area contributed by atoms with E-state index < -0.39 is 0 Å². The maximum absolute atomic E-state index is 13.4. The van der Waals surface area contributed by atoms with Gasteiger partial charge in [0.05, 0.1) is 29.3 Å². The first-order valence-corrected chi connectivity index (χ1v) is 14.0. The van der Waals surface area contributed by atoms with E-state index >= 15 is 0 Å². The molecule has 0 bridgehead atoms. The molecular weight excluding hydrogens is 550 g/mol. The molecule has 1 amide bonds. The third-order valence-corrected chi connectivity index (χ3v) is 7.88. The molecule has 39 heavy (non-hydrogen) atoms. The summed E-state index contributed by atoms with van der Waals surface area (Å²) in [4.78, 5) is 15.6. The number of thioether (sulfide) groups is 1. The second kappa shape index (κ2) is 12.1. The molecule has 1 fully saturated rings. The minimum absolute atomic E-state index is 0.110. The summed E-state index contributed by atoms with van der Waals surface area (Å²) in [5.41, 5.74) is 4.32. The lowest BCUT2D eigenvalue weighted by Crippen LogP contribution is -2.30. The van der Waals surface area contributed by atoms with Gasteiger partial charge in [0.2, 0.25) is 0 Å². The van der Waals surface area contributed by atoms with Gasteiger partial charge in [0.1, 0.15) is 21.5 Å². The lowest BCUT2D eigenvalue weighted by atomic mass is 10.1. The zero-order chi connectivity index (χ0) is 27.4. The summed E-state index contributed by atoms with van der Waals surface area (Å²) in [6.07, 6.45) is 4.46. The van der Waals surface area contributed by atoms with Gasteiger partial charge >= 0.3 is 0 Å². The van der Waals surface area contributed by atoms with E-state index in [0.717, 1.165) is 28.1 Å². The fourth-order valence-corrected chi connectivity index (χ4v) is 5.75. The van der Waals surface area contributed by atoms with Crippen LogP contribution in [0.1, 0.15) is 18.1 Å². The molecule has 6 nitrogen and oxygen atoms in total. The molecule has 198 valence electrons.